The average molecular weight is 381 g/mol. The highest BCUT2D eigenvalue weighted by molar-refractivity contribution is 5.93. The van der Waals surface area contributed by atoms with Gasteiger partial charge in [0.25, 0.3) is 0 Å². The molecule has 0 saturated carbocycles. The van der Waals surface area contributed by atoms with Crippen LogP contribution >= 0.6 is 0 Å². The van der Waals surface area contributed by atoms with Crippen molar-refractivity contribution in [2.75, 3.05) is 31.2 Å². The van der Waals surface area contributed by atoms with Gasteiger partial charge in [-0.2, -0.15) is 0 Å². The summed E-state index contributed by atoms with van der Waals surface area (Å²) in [4.78, 5) is 17.3. The van der Waals surface area contributed by atoms with E-state index in [4.69, 9.17) is 4.74 Å². The van der Waals surface area contributed by atoms with Gasteiger partial charge >= 0.3 is 0 Å². The zero-order valence-corrected chi connectivity index (χ0v) is 15.7. The number of likely N-dealkylation sites (tertiary alicyclic amines) is 1. The highest BCUT2D eigenvalue weighted by atomic mass is 19.1. The number of amides is 1. The number of carbonyl (C=O) groups is 1. The maximum absolute atomic E-state index is 13.4. The van der Waals surface area contributed by atoms with Gasteiger partial charge in [0.15, 0.2) is 0 Å². The zero-order valence-electron chi connectivity index (χ0n) is 15.7. The van der Waals surface area contributed by atoms with Crippen molar-refractivity contribution in [1.82, 2.24) is 10.2 Å². The van der Waals surface area contributed by atoms with Crippen molar-refractivity contribution in [3.63, 3.8) is 0 Å². The standard InChI is InChI=1S/C22H24FN3O2/c23-17-6-7-20-16(12-17)13-19(28-20)14-25-10-8-22(9-11-25)21(27)24-15-26(22)18-4-2-1-3-5-18/h1-7,12,19H,8-11,13-15H2,(H,24,27). The normalized spacial score (nSPS) is 23.5. The van der Waals surface area contributed by atoms with Crippen LogP contribution in [0.15, 0.2) is 48.5 Å². The van der Waals surface area contributed by atoms with Gasteiger partial charge in [0, 0.05) is 37.3 Å². The fourth-order valence-electron chi connectivity index (χ4n) is 4.82. The minimum Gasteiger partial charge on any atom is -0.488 e. The molecular formula is C22H24FN3O2. The van der Waals surface area contributed by atoms with Crippen molar-refractivity contribution in [3.05, 3.63) is 59.9 Å². The Morgan fingerprint density at radius 1 is 1.14 bits per heavy atom. The molecule has 28 heavy (non-hydrogen) atoms. The number of carbonyl (C=O) groups excluding carboxylic acids is 1. The molecule has 3 heterocycles. The van der Waals surface area contributed by atoms with Crippen molar-refractivity contribution in [3.8, 4) is 5.75 Å². The van der Waals surface area contributed by atoms with Crippen LogP contribution in [0.2, 0.25) is 0 Å². The van der Waals surface area contributed by atoms with Crippen LogP contribution in [0.1, 0.15) is 18.4 Å². The highest BCUT2D eigenvalue weighted by Gasteiger charge is 2.50. The Labute approximate surface area is 164 Å². The number of ether oxygens (including phenoxy) is 1. The fraction of sp³-hybridized carbons (Fsp3) is 0.409. The van der Waals surface area contributed by atoms with E-state index in [1.54, 1.807) is 12.1 Å². The molecule has 6 heteroatoms. The molecule has 146 valence electrons. The summed E-state index contributed by atoms with van der Waals surface area (Å²) in [5, 5.41) is 3.04. The molecule has 1 N–H and O–H groups in total. The Balaban J connectivity index is 1.24. The first kappa shape index (κ1) is 17.5. The SMILES string of the molecule is O=C1NCN(c2ccccc2)C12CCN(CC1Cc3cc(F)ccc3O1)CC2. The van der Waals surface area contributed by atoms with Gasteiger partial charge in [-0.3, -0.25) is 9.69 Å². The summed E-state index contributed by atoms with van der Waals surface area (Å²) >= 11 is 0. The molecule has 1 amide bonds. The molecule has 0 aromatic heterocycles. The van der Waals surface area contributed by atoms with Gasteiger partial charge in [-0.05, 0) is 43.2 Å². The largest absolute Gasteiger partial charge is 0.488 e. The highest BCUT2D eigenvalue weighted by Crippen LogP contribution is 2.37. The lowest BCUT2D eigenvalue weighted by molar-refractivity contribution is -0.125. The number of hydrogen-bond donors (Lipinski definition) is 1. The Morgan fingerprint density at radius 2 is 1.93 bits per heavy atom. The zero-order chi connectivity index (χ0) is 19.1. The van der Waals surface area contributed by atoms with Crippen LogP contribution in [0.3, 0.4) is 0 Å². The smallest absolute Gasteiger partial charge is 0.247 e. The second-order valence-electron chi connectivity index (χ2n) is 7.96. The summed E-state index contributed by atoms with van der Waals surface area (Å²) in [6.07, 6.45) is 2.38. The quantitative estimate of drug-likeness (QED) is 0.888. The number of fused-ring (bicyclic) bond motifs is 1. The maximum Gasteiger partial charge on any atom is 0.247 e. The van der Waals surface area contributed by atoms with E-state index in [0.29, 0.717) is 6.67 Å². The predicted octanol–water partition coefficient (Wildman–Crippen LogP) is 2.56. The lowest BCUT2D eigenvalue weighted by Gasteiger charge is -2.43. The van der Waals surface area contributed by atoms with E-state index < -0.39 is 5.54 Å². The molecule has 5 nitrogen and oxygen atoms in total. The summed E-state index contributed by atoms with van der Waals surface area (Å²) < 4.78 is 19.4. The van der Waals surface area contributed by atoms with Crippen molar-refractivity contribution < 1.29 is 13.9 Å². The number of nitrogens with one attached hydrogen (secondary N) is 1. The van der Waals surface area contributed by atoms with Gasteiger partial charge in [0.1, 0.15) is 23.2 Å². The summed E-state index contributed by atoms with van der Waals surface area (Å²) in [6.45, 7) is 3.07. The third-order valence-corrected chi connectivity index (χ3v) is 6.31. The van der Waals surface area contributed by atoms with Crippen molar-refractivity contribution in [2.24, 2.45) is 0 Å². The number of rotatable bonds is 3. The lowest BCUT2D eigenvalue weighted by atomic mass is 9.85. The molecule has 1 unspecified atom stereocenters. The Kier molecular flexibility index (Phi) is 4.23. The van der Waals surface area contributed by atoms with Gasteiger partial charge in [-0.1, -0.05) is 18.2 Å². The number of hydrogen-bond acceptors (Lipinski definition) is 4. The molecule has 0 bridgehead atoms. The van der Waals surface area contributed by atoms with E-state index >= 15 is 0 Å². The Morgan fingerprint density at radius 3 is 2.71 bits per heavy atom. The molecule has 2 aromatic rings. The first-order chi connectivity index (χ1) is 13.6. The minimum absolute atomic E-state index is 0.0495. The fourth-order valence-corrected chi connectivity index (χ4v) is 4.82. The predicted molar refractivity (Wildman–Crippen MR) is 105 cm³/mol. The molecule has 2 fully saturated rings. The number of piperidine rings is 1. The first-order valence-corrected chi connectivity index (χ1v) is 9.92. The van der Waals surface area contributed by atoms with Crippen LogP contribution < -0.4 is 15.0 Å². The van der Waals surface area contributed by atoms with Gasteiger partial charge < -0.3 is 15.0 Å². The van der Waals surface area contributed by atoms with Crippen LogP contribution in [0.5, 0.6) is 5.75 Å². The molecule has 2 aromatic carbocycles. The molecule has 0 aliphatic carbocycles. The van der Waals surface area contributed by atoms with E-state index in [2.05, 4.69) is 27.2 Å². The van der Waals surface area contributed by atoms with Crippen molar-refractivity contribution >= 4 is 11.6 Å². The summed E-state index contributed by atoms with van der Waals surface area (Å²) in [7, 11) is 0. The summed E-state index contributed by atoms with van der Waals surface area (Å²) in [5.41, 5.74) is 1.58. The molecule has 3 aliphatic rings. The van der Waals surface area contributed by atoms with E-state index in [1.807, 2.05) is 18.2 Å². The molecule has 1 atom stereocenters. The van der Waals surface area contributed by atoms with Crippen LogP contribution in [-0.4, -0.2) is 48.8 Å². The second kappa shape index (κ2) is 6.78. The van der Waals surface area contributed by atoms with Crippen LogP contribution in [0.25, 0.3) is 0 Å². The number of para-hydroxylation sites is 1. The summed E-state index contributed by atoms with van der Waals surface area (Å²) in [5.74, 6) is 0.720. The van der Waals surface area contributed by atoms with E-state index in [1.165, 1.54) is 6.07 Å². The molecular weight excluding hydrogens is 357 g/mol. The minimum atomic E-state index is -0.458. The summed E-state index contributed by atoms with van der Waals surface area (Å²) in [6, 6.07) is 14.9. The first-order valence-electron chi connectivity index (χ1n) is 9.92. The molecule has 2 saturated heterocycles. The van der Waals surface area contributed by atoms with Gasteiger partial charge in [-0.15, -0.1) is 0 Å². The Hall–Kier alpha value is -2.60. The molecule has 5 rings (SSSR count). The second-order valence-corrected chi connectivity index (χ2v) is 7.96. The van der Waals surface area contributed by atoms with E-state index in [0.717, 1.165) is 55.9 Å². The van der Waals surface area contributed by atoms with Gasteiger partial charge in [-0.25, -0.2) is 4.39 Å². The third-order valence-electron chi connectivity index (χ3n) is 6.31. The number of anilines is 1. The topological polar surface area (TPSA) is 44.8 Å². The van der Waals surface area contributed by atoms with E-state index in [9.17, 15) is 9.18 Å². The molecule has 0 radical (unpaired) electrons. The van der Waals surface area contributed by atoms with Crippen molar-refractivity contribution in [1.29, 1.82) is 0 Å². The monoisotopic (exact) mass is 381 g/mol. The van der Waals surface area contributed by atoms with Crippen LogP contribution in [-0.2, 0) is 11.2 Å². The number of nitrogens with zero attached hydrogens (tertiary/aromatic N) is 2. The lowest BCUT2D eigenvalue weighted by Crippen LogP contribution is -2.57. The molecule has 1 spiro atoms. The number of halogens is 1. The van der Waals surface area contributed by atoms with Crippen LogP contribution in [0.4, 0.5) is 10.1 Å². The van der Waals surface area contributed by atoms with E-state index in [-0.39, 0.29) is 17.8 Å². The van der Waals surface area contributed by atoms with Gasteiger partial charge in [0.05, 0.1) is 6.67 Å². The third kappa shape index (κ3) is 2.92. The number of benzene rings is 2. The molecule has 3 aliphatic heterocycles. The van der Waals surface area contributed by atoms with Crippen molar-refractivity contribution in [2.45, 2.75) is 30.9 Å². The Bertz CT molecular complexity index is 881. The maximum atomic E-state index is 13.4. The average Bonchev–Trinajstić information content (AvgIpc) is 3.25. The van der Waals surface area contributed by atoms with Gasteiger partial charge in [0.2, 0.25) is 5.91 Å². The van der Waals surface area contributed by atoms with Crippen LogP contribution in [0, 0.1) is 5.82 Å².